The standard InChI is InChI=1S/C17H23N3O3/c1-4-23-16(21)14-13(10-18-11(2)3)19-17(22)20-15(14)12-8-6-5-7-9-12/h5-9,11,15,18H,4,10H2,1-3H3,(H2,19,20,22)/t15-/m1/s1. The maximum absolute atomic E-state index is 12.4. The zero-order chi connectivity index (χ0) is 16.8. The first-order valence-corrected chi connectivity index (χ1v) is 7.79. The number of hydrogen-bond donors (Lipinski definition) is 3. The van der Waals surface area contributed by atoms with Gasteiger partial charge in [-0.3, -0.25) is 0 Å². The third-order valence-corrected chi connectivity index (χ3v) is 3.47. The van der Waals surface area contributed by atoms with E-state index in [1.54, 1.807) is 6.92 Å². The van der Waals surface area contributed by atoms with Crippen LogP contribution in [0.25, 0.3) is 0 Å². The molecule has 1 heterocycles. The van der Waals surface area contributed by atoms with Crippen LogP contribution in [0.2, 0.25) is 0 Å². The molecule has 0 spiro atoms. The number of nitrogens with one attached hydrogen (secondary N) is 3. The van der Waals surface area contributed by atoms with Crippen molar-refractivity contribution in [3.63, 3.8) is 0 Å². The first-order chi connectivity index (χ1) is 11.0. The van der Waals surface area contributed by atoms with E-state index in [-0.39, 0.29) is 18.7 Å². The predicted octanol–water partition coefficient (Wildman–Crippen LogP) is 1.86. The Morgan fingerprint density at radius 1 is 1.30 bits per heavy atom. The summed E-state index contributed by atoms with van der Waals surface area (Å²) in [5.41, 5.74) is 1.83. The summed E-state index contributed by atoms with van der Waals surface area (Å²) in [4.78, 5) is 24.4. The Morgan fingerprint density at radius 2 is 2.00 bits per heavy atom. The molecule has 1 aliphatic heterocycles. The van der Waals surface area contributed by atoms with Gasteiger partial charge in [0.05, 0.1) is 18.2 Å². The SMILES string of the molecule is CCOC(=O)C1=C(CNC(C)C)NC(=O)N[C@@H]1c1ccccc1. The summed E-state index contributed by atoms with van der Waals surface area (Å²) in [7, 11) is 0. The highest BCUT2D eigenvalue weighted by molar-refractivity contribution is 5.95. The molecule has 1 aliphatic rings. The van der Waals surface area contributed by atoms with Crippen molar-refractivity contribution in [1.29, 1.82) is 0 Å². The molecule has 0 saturated carbocycles. The number of carbonyl (C=O) groups is 2. The fraction of sp³-hybridized carbons (Fsp3) is 0.412. The second kappa shape index (κ2) is 7.78. The van der Waals surface area contributed by atoms with E-state index in [4.69, 9.17) is 4.74 Å². The minimum Gasteiger partial charge on any atom is -0.463 e. The van der Waals surface area contributed by atoms with Crippen LogP contribution in [0.4, 0.5) is 4.79 Å². The van der Waals surface area contributed by atoms with Gasteiger partial charge in [-0.15, -0.1) is 0 Å². The lowest BCUT2D eigenvalue weighted by molar-refractivity contribution is -0.139. The lowest BCUT2D eigenvalue weighted by Gasteiger charge is -2.29. The van der Waals surface area contributed by atoms with Crippen molar-refractivity contribution in [3.05, 3.63) is 47.2 Å². The van der Waals surface area contributed by atoms with Crippen LogP contribution >= 0.6 is 0 Å². The lowest BCUT2D eigenvalue weighted by atomic mass is 9.95. The Kier molecular flexibility index (Phi) is 5.76. The first kappa shape index (κ1) is 17.0. The van der Waals surface area contributed by atoms with Gasteiger partial charge in [0.2, 0.25) is 0 Å². The molecule has 0 bridgehead atoms. The van der Waals surface area contributed by atoms with E-state index in [0.29, 0.717) is 17.8 Å². The second-order valence-corrected chi connectivity index (χ2v) is 5.59. The van der Waals surface area contributed by atoms with E-state index < -0.39 is 12.0 Å². The van der Waals surface area contributed by atoms with Crippen LogP contribution in [-0.4, -0.2) is 31.2 Å². The molecule has 124 valence electrons. The van der Waals surface area contributed by atoms with Crippen LogP contribution in [0, 0.1) is 0 Å². The molecule has 3 N–H and O–H groups in total. The number of benzene rings is 1. The molecule has 1 aromatic carbocycles. The molecule has 6 heteroatoms. The van der Waals surface area contributed by atoms with Crippen molar-refractivity contribution in [3.8, 4) is 0 Å². The van der Waals surface area contributed by atoms with Crippen LogP contribution in [0.5, 0.6) is 0 Å². The normalized spacial score (nSPS) is 17.7. The number of urea groups is 1. The molecule has 0 radical (unpaired) electrons. The van der Waals surface area contributed by atoms with Crippen LogP contribution in [0.15, 0.2) is 41.6 Å². The third-order valence-electron chi connectivity index (χ3n) is 3.47. The zero-order valence-electron chi connectivity index (χ0n) is 13.7. The molecule has 1 atom stereocenters. The predicted molar refractivity (Wildman–Crippen MR) is 87.6 cm³/mol. The minimum absolute atomic E-state index is 0.230. The number of rotatable bonds is 6. The van der Waals surface area contributed by atoms with E-state index >= 15 is 0 Å². The van der Waals surface area contributed by atoms with Crippen molar-refractivity contribution >= 4 is 12.0 Å². The Balaban J connectivity index is 2.42. The van der Waals surface area contributed by atoms with Crippen molar-refractivity contribution < 1.29 is 14.3 Å². The summed E-state index contributed by atoms with van der Waals surface area (Å²) in [6.07, 6.45) is 0. The maximum atomic E-state index is 12.4. The zero-order valence-corrected chi connectivity index (χ0v) is 13.7. The van der Waals surface area contributed by atoms with Crippen molar-refractivity contribution in [2.75, 3.05) is 13.2 Å². The number of ether oxygens (including phenoxy) is 1. The third kappa shape index (κ3) is 4.32. The monoisotopic (exact) mass is 317 g/mol. The van der Waals surface area contributed by atoms with Gasteiger partial charge in [0, 0.05) is 18.3 Å². The van der Waals surface area contributed by atoms with Gasteiger partial charge in [0.15, 0.2) is 0 Å². The molecule has 6 nitrogen and oxygen atoms in total. The van der Waals surface area contributed by atoms with Gasteiger partial charge in [-0.1, -0.05) is 44.2 Å². The number of amides is 2. The Hall–Kier alpha value is -2.34. The lowest BCUT2D eigenvalue weighted by Crippen LogP contribution is -2.48. The average molecular weight is 317 g/mol. The van der Waals surface area contributed by atoms with E-state index in [0.717, 1.165) is 5.56 Å². The van der Waals surface area contributed by atoms with Crippen LogP contribution in [-0.2, 0) is 9.53 Å². The second-order valence-electron chi connectivity index (χ2n) is 5.59. The van der Waals surface area contributed by atoms with Crippen LogP contribution in [0.1, 0.15) is 32.4 Å². The quantitative estimate of drug-likeness (QED) is 0.700. The number of carbonyl (C=O) groups excluding carboxylic acids is 2. The highest BCUT2D eigenvalue weighted by atomic mass is 16.5. The fourth-order valence-electron chi connectivity index (χ4n) is 2.41. The molecular weight excluding hydrogens is 294 g/mol. The van der Waals surface area contributed by atoms with Gasteiger partial charge in [-0.05, 0) is 12.5 Å². The summed E-state index contributed by atoms with van der Waals surface area (Å²) >= 11 is 0. The topological polar surface area (TPSA) is 79.5 Å². The molecule has 1 aromatic rings. The molecule has 0 aliphatic carbocycles. The molecule has 0 unspecified atom stereocenters. The summed E-state index contributed by atoms with van der Waals surface area (Å²) in [6, 6.07) is 8.78. The number of hydrogen-bond acceptors (Lipinski definition) is 4. The highest BCUT2D eigenvalue weighted by Gasteiger charge is 2.33. The molecule has 2 amide bonds. The highest BCUT2D eigenvalue weighted by Crippen LogP contribution is 2.27. The van der Waals surface area contributed by atoms with E-state index in [2.05, 4.69) is 16.0 Å². The Bertz CT molecular complexity index is 596. The van der Waals surface area contributed by atoms with Crippen molar-refractivity contribution in [1.82, 2.24) is 16.0 Å². The molecule has 23 heavy (non-hydrogen) atoms. The van der Waals surface area contributed by atoms with Gasteiger partial charge in [0.25, 0.3) is 0 Å². The van der Waals surface area contributed by atoms with E-state index in [1.165, 1.54) is 0 Å². The summed E-state index contributed by atoms with van der Waals surface area (Å²) < 4.78 is 5.19. The average Bonchev–Trinajstić information content (AvgIpc) is 2.53. The smallest absolute Gasteiger partial charge is 0.338 e. The van der Waals surface area contributed by atoms with Crippen molar-refractivity contribution in [2.24, 2.45) is 0 Å². The molecular formula is C17H23N3O3. The van der Waals surface area contributed by atoms with Crippen molar-refractivity contribution in [2.45, 2.75) is 32.9 Å². The minimum atomic E-state index is -0.520. The van der Waals surface area contributed by atoms with Crippen LogP contribution < -0.4 is 16.0 Å². The number of esters is 1. The molecule has 0 aromatic heterocycles. The van der Waals surface area contributed by atoms with Gasteiger partial charge in [0.1, 0.15) is 0 Å². The summed E-state index contributed by atoms with van der Waals surface area (Å²) in [5, 5.41) is 8.76. The largest absolute Gasteiger partial charge is 0.463 e. The van der Waals surface area contributed by atoms with Gasteiger partial charge < -0.3 is 20.7 Å². The maximum Gasteiger partial charge on any atom is 0.338 e. The van der Waals surface area contributed by atoms with E-state index in [9.17, 15) is 9.59 Å². The first-order valence-electron chi connectivity index (χ1n) is 7.79. The summed E-state index contributed by atoms with van der Waals surface area (Å²) in [5.74, 6) is -0.422. The Labute approximate surface area is 136 Å². The van der Waals surface area contributed by atoms with Crippen LogP contribution in [0.3, 0.4) is 0 Å². The molecule has 2 rings (SSSR count). The van der Waals surface area contributed by atoms with Gasteiger partial charge in [-0.25, -0.2) is 9.59 Å². The fourth-order valence-corrected chi connectivity index (χ4v) is 2.41. The summed E-state index contributed by atoms with van der Waals surface area (Å²) in [6.45, 7) is 6.44. The Morgan fingerprint density at radius 3 is 2.61 bits per heavy atom. The van der Waals surface area contributed by atoms with Gasteiger partial charge >= 0.3 is 12.0 Å². The van der Waals surface area contributed by atoms with Gasteiger partial charge in [-0.2, -0.15) is 0 Å². The molecule has 0 saturated heterocycles. The van der Waals surface area contributed by atoms with E-state index in [1.807, 2.05) is 44.2 Å². The molecule has 0 fully saturated rings.